The molecule has 2 aliphatic heterocycles. The third-order valence-corrected chi connectivity index (χ3v) is 5.22. The van der Waals surface area contributed by atoms with Crippen molar-refractivity contribution in [3.63, 3.8) is 0 Å². The Morgan fingerprint density at radius 2 is 2.00 bits per heavy atom. The van der Waals surface area contributed by atoms with Crippen molar-refractivity contribution in [1.82, 2.24) is 4.90 Å². The summed E-state index contributed by atoms with van der Waals surface area (Å²) in [6.45, 7) is 2.02. The van der Waals surface area contributed by atoms with Gasteiger partial charge in [0.1, 0.15) is 5.75 Å². The number of fused-ring (bicyclic) bond motifs is 1. The second kappa shape index (κ2) is 8.63. The van der Waals surface area contributed by atoms with E-state index >= 15 is 0 Å². The molecule has 0 spiro atoms. The Labute approximate surface area is 170 Å². The summed E-state index contributed by atoms with van der Waals surface area (Å²) < 4.78 is 5.72. The summed E-state index contributed by atoms with van der Waals surface area (Å²) in [5.41, 5.74) is 7.91. The summed E-state index contributed by atoms with van der Waals surface area (Å²) in [4.78, 5) is 27.1. The Balaban J connectivity index is 0.00000225. The number of ether oxygens (including phenoxy) is 1. The van der Waals surface area contributed by atoms with E-state index in [1.165, 1.54) is 0 Å². The third-order valence-electron chi connectivity index (χ3n) is 5.22. The number of amides is 2. The number of para-hydroxylation sites is 1. The summed E-state index contributed by atoms with van der Waals surface area (Å²) in [5, 5.41) is 2.87. The number of hydrogen-bond donors (Lipinski definition) is 2. The molecule has 0 bridgehead atoms. The van der Waals surface area contributed by atoms with Gasteiger partial charge in [-0.1, -0.05) is 24.3 Å². The van der Waals surface area contributed by atoms with Gasteiger partial charge >= 0.3 is 0 Å². The topological polar surface area (TPSA) is 84.7 Å². The summed E-state index contributed by atoms with van der Waals surface area (Å²) in [5.74, 6) is 0.898. The van der Waals surface area contributed by atoms with Crippen molar-refractivity contribution in [3.05, 3.63) is 59.7 Å². The number of rotatable bonds is 4. The molecule has 2 heterocycles. The lowest BCUT2D eigenvalue weighted by Crippen LogP contribution is -2.32. The van der Waals surface area contributed by atoms with Crippen LogP contribution in [-0.4, -0.2) is 42.5 Å². The van der Waals surface area contributed by atoms with Crippen LogP contribution in [-0.2, 0) is 11.2 Å². The van der Waals surface area contributed by atoms with E-state index < -0.39 is 6.10 Å². The number of nitrogens with two attached hydrogens (primary N) is 1. The first-order chi connectivity index (χ1) is 13.1. The van der Waals surface area contributed by atoms with Crippen molar-refractivity contribution in [2.75, 3.05) is 25.0 Å². The number of halogens is 1. The molecule has 28 heavy (non-hydrogen) atoms. The number of nitrogens with zero attached hydrogens (tertiary/aromatic N) is 1. The maximum atomic E-state index is 12.7. The first-order valence-corrected chi connectivity index (χ1v) is 9.29. The zero-order chi connectivity index (χ0) is 18.8. The monoisotopic (exact) mass is 401 g/mol. The first kappa shape index (κ1) is 20.2. The molecular weight excluding hydrogens is 378 g/mol. The summed E-state index contributed by atoms with van der Waals surface area (Å²) in [6, 6.07) is 14.7. The minimum atomic E-state index is -0.550. The number of likely N-dealkylation sites (tertiary alicyclic amines) is 1. The fourth-order valence-corrected chi connectivity index (χ4v) is 3.67. The largest absolute Gasteiger partial charge is 0.480 e. The number of hydrogen-bond acceptors (Lipinski definition) is 4. The van der Waals surface area contributed by atoms with Crippen molar-refractivity contribution in [2.24, 2.45) is 11.7 Å². The molecule has 3 N–H and O–H groups in total. The van der Waals surface area contributed by atoms with Gasteiger partial charge in [-0.15, -0.1) is 12.4 Å². The molecule has 2 amide bonds. The first-order valence-electron chi connectivity index (χ1n) is 9.29. The highest BCUT2D eigenvalue weighted by Gasteiger charge is 2.29. The van der Waals surface area contributed by atoms with Gasteiger partial charge in [-0.3, -0.25) is 9.59 Å². The van der Waals surface area contributed by atoms with Gasteiger partial charge in [-0.25, -0.2) is 0 Å². The van der Waals surface area contributed by atoms with Crippen LogP contribution in [0.25, 0.3) is 0 Å². The van der Waals surface area contributed by atoms with E-state index in [0.717, 1.165) is 24.3 Å². The Bertz CT molecular complexity index is 848. The molecule has 0 radical (unpaired) electrons. The van der Waals surface area contributed by atoms with Crippen molar-refractivity contribution >= 4 is 29.9 Å². The lowest BCUT2D eigenvalue weighted by atomic mass is 10.1. The zero-order valence-electron chi connectivity index (χ0n) is 15.5. The van der Waals surface area contributed by atoms with Crippen molar-refractivity contribution in [1.29, 1.82) is 0 Å². The third kappa shape index (κ3) is 4.13. The SMILES string of the molecule is Cl.NCC1CCN(C(=O)c2cccc(NC(=O)C3Cc4ccccc4O3)c2)C1. The van der Waals surface area contributed by atoms with Crippen LogP contribution < -0.4 is 15.8 Å². The van der Waals surface area contributed by atoms with Crippen LogP contribution in [0.4, 0.5) is 5.69 Å². The fourth-order valence-electron chi connectivity index (χ4n) is 3.67. The average Bonchev–Trinajstić information content (AvgIpc) is 3.34. The van der Waals surface area contributed by atoms with E-state index in [1.54, 1.807) is 24.3 Å². The van der Waals surface area contributed by atoms with Crippen LogP contribution in [0.15, 0.2) is 48.5 Å². The van der Waals surface area contributed by atoms with Crippen molar-refractivity contribution in [3.8, 4) is 5.75 Å². The number of carbonyl (C=O) groups is 2. The Hall–Kier alpha value is -2.57. The summed E-state index contributed by atoms with van der Waals surface area (Å²) >= 11 is 0. The molecule has 2 atom stereocenters. The normalized spacial score (nSPS) is 20.1. The smallest absolute Gasteiger partial charge is 0.265 e. The summed E-state index contributed by atoms with van der Waals surface area (Å²) in [6.07, 6.45) is 0.943. The van der Waals surface area contributed by atoms with E-state index in [1.807, 2.05) is 29.2 Å². The lowest BCUT2D eigenvalue weighted by molar-refractivity contribution is -0.122. The van der Waals surface area contributed by atoms with E-state index in [-0.39, 0.29) is 24.2 Å². The van der Waals surface area contributed by atoms with Crippen LogP contribution >= 0.6 is 12.4 Å². The minimum Gasteiger partial charge on any atom is -0.480 e. The molecule has 2 aromatic carbocycles. The molecule has 0 aromatic heterocycles. The Morgan fingerprint density at radius 1 is 1.18 bits per heavy atom. The van der Waals surface area contributed by atoms with E-state index in [0.29, 0.717) is 36.7 Å². The van der Waals surface area contributed by atoms with Crippen LogP contribution in [0, 0.1) is 5.92 Å². The average molecular weight is 402 g/mol. The van der Waals surface area contributed by atoms with Crippen LogP contribution in [0.3, 0.4) is 0 Å². The number of carbonyl (C=O) groups excluding carboxylic acids is 2. The van der Waals surface area contributed by atoms with E-state index in [4.69, 9.17) is 10.5 Å². The van der Waals surface area contributed by atoms with Gasteiger partial charge in [0, 0.05) is 30.8 Å². The molecule has 7 heteroatoms. The van der Waals surface area contributed by atoms with E-state index in [9.17, 15) is 9.59 Å². The molecular formula is C21H24ClN3O3. The molecule has 2 unspecified atom stereocenters. The lowest BCUT2D eigenvalue weighted by Gasteiger charge is -2.17. The molecule has 4 rings (SSSR count). The predicted octanol–water partition coefficient (Wildman–Crippen LogP) is 2.47. The molecule has 0 aliphatic carbocycles. The molecule has 2 aliphatic rings. The van der Waals surface area contributed by atoms with Crippen LogP contribution in [0.5, 0.6) is 5.75 Å². The highest BCUT2D eigenvalue weighted by Crippen LogP contribution is 2.28. The molecule has 0 saturated carbocycles. The van der Waals surface area contributed by atoms with Gasteiger partial charge in [0.05, 0.1) is 0 Å². The molecule has 6 nitrogen and oxygen atoms in total. The van der Waals surface area contributed by atoms with Gasteiger partial charge < -0.3 is 20.7 Å². The van der Waals surface area contributed by atoms with Crippen LogP contribution in [0.1, 0.15) is 22.3 Å². The number of nitrogens with one attached hydrogen (secondary N) is 1. The Morgan fingerprint density at radius 3 is 2.75 bits per heavy atom. The fraction of sp³-hybridized carbons (Fsp3) is 0.333. The van der Waals surface area contributed by atoms with Gasteiger partial charge in [0.15, 0.2) is 6.10 Å². The van der Waals surface area contributed by atoms with Gasteiger partial charge in [-0.05, 0) is 48.7 Å². The second-order valence-corrected chi connectivity index (χ2v) is 7.13. The number of anilines is 1. The van der Waals surface area contributed by atoms with Crippen molar-refractivity contribution < 1.29 is 14.3 Å². The minimum absolute atomic E-state index is 0. The molecule has 1 fully saturated rings. The second-order valence-electron chi connectivity index (χ2n) is 7.13. The van der Waals surface area contributed by atoms with Gasteiger partial charge in [0.25, 0.3) is 11.8 Å². The zero-order valence-corrected chi connectivity index (χ0v) is 16.3. The van der Waals surface area contributed by atoms with Crippen LogP contribution in [0.2, 0.25) is 0 Å². The van der Waals surface area contributed by atoms with Gasteiger partial charge in [0.2, 0.25) is 0 Å². The highest BCUT2D eigenvalue weighted by atomic mass is 35.5. The molecule has 148 valence electrons. The van der Waals surface area contributed by atoms with Gasteiger partial charge in [-0.2, -0.15) is 0 Å². The quantitative estimate of drug-likeness (QED) is 0.824. The Kier molecular flexibility index (Phi) is 6.21. The molecule has 1 saturated heterocycles. The molecule has 2 aromatic rings. The highest BCUT2D eigenvalue weighted by molar-refractivity contribution is 5.98. The number of benzene rings is 2. The predicted molar refractivity (Wildman–Crippen MR) is 110 cm³/mol. The standard InChI is InChI=1S/C21H23N3O3.ClH/c22-12-14-8-9-24(13-14)21(26)16-5-3-6-17(10-16)23-20(25)19-11-15-4-1-2-7-18(15)27-19;/h1-7,10,14,19H,8-9,11-13,22H2,(H,23,25);1H. The maximum absolute atomic E-state index is 12.7. The summed E-state index contributed by atoms with van der Waals surface area (Å²) in [7, 11) is 0. The van der Waals surface area contributed by atoms with E-state index in [2.05, 4.69) is 5.32 Å². The maximum Gasteiger partial charge on any atom is 0.265 e. The van der Waals surface area contributed by atoms with Crippen molar-refractivity contribution in [2.45, 2.75) is 18.9 Å².